The molecule has 0 aliphatic heterocycles. The average molecular weight is 430 g/mol. The molecule has 8 nitrogen and oxygen atoms in total. The lowest BCUT2D eigenvalue weighted by Crippen LogP contribution is -2.40. The molecule has 0 aliphatic rings. The molecule has 4 N–H and O–H groups in total. The number of halogens is 1. The number of benzene rings is 1. The topological polar surface area (TPSA) is 128 Å². The van der Waals surface area contributed by atoms with Crippen LogP contribution in [0, 0.1) is 0 Å². The van der Waals surface area contributed by atoms with Crippen molar-refractivity contribution >= 4 is 38.1 Å². The summed E-state index contributed by atoms with van der Waals surface area (Å²) in [6, 6.07) is 3.69. The molecule has 152 valence electrons. The summed E-state index contributed by atoms with van der Waals surface area (Å²) in [7, 11) is -6.19. The Bertz CT molecular complexity index is 769. The SMILES string of the molecule is CCCCC(CN)NS(=O)(=O)c1ccc(OC)cc1NS(=O)(=O)CC.Cl. The summed E-state index contributed by atoms with van der Waals surface area (Å²) in [4.78, 5) is -0.166. The van der Waals surface area contributed by atoms with Gasteiger partial charge in [-0.3, -0.25) is 4.72 Å². The first-order chi connectivity index (χ1) is 11.7. The monoisotopic (exact) mass is 429 g/mol. The van der Waals surface area contributed by atoms with E-state index in [0.29, 0.717) is 12.2 Å². The Balaban J connectivity index is 0.00000625. The Hall–Kier alpha value is -1.07. The molecule has 0 aromatic heterocycles. The molecule has 0 aliphatic carbocycles. The number of sulfonamides is 2. The fraction of sp³-hybridized carbons (Fsp3) is 0.600. The molecular weight excluding hydrogens is 402 g/mol. The quantitative estimate of drug-likeness (QED) is 0.491. The van der Waals surface area contributed by atoms with E-state index in [9.17, 15) is 16.8 Å². The van der Waals surface area contributed by atoms with Crippen molar-refractivity contribution < 1.29 is 21.6 Å². The van der Waals surface area contributed by atoms with Crippen LogP contribution < -0.4 is 19.9 Å². The summed E-state index contributed by atoms with van der Waals surface area (Å²) in [5.41, 5.74) is 5.59. The first kappa shape index (κ1) is 24.9. The van der Waals surface area contributed by atoms with Crippen molar-refractivity contribution in [2.75, 3.05) is 24.1 Å². The van der Waals surface area contributed by atoms with Crippen molar-refractivity contribution in [3.63, 3.8) is 0 Å². The zero-order valence-corrected chi connectivity index (χ0v) is 17.6. The van der Waals surface area contributed by atoms with Crippen molar-refractivity contribution in [1.82, 2.24) is 4.72 Å². The lowest BCUT2D eigenvalue weighted by Gasteiger charge is -2.19. The number of hydrogen-bond acceptors (Lipinski definition) is 6. The minimum Gasteiger partial charge on any atom is -0.497 e. The summed E-state index contributed by atoms with van der Waals surface area (Å²) in [6.07, 6.45) is 2.36. The fourth-order valence-corrected chi connectivity index (χ4v) is 4.29. The van der Waals surface area contributed by atoms with Crippen LogP contribution in [0.25, 0.3) is 0 Å². The van der Waals surface area contributed by atoms with E-state index in [1.807, 2.05) is 6.92 Å². The third kappa shape index (κ3) is 7.28. The van der Waals surface area contributed by atoms with E-state index < -0.39 is 26.1 Å². The van der Waals surface area contributed by atoms with Gasteiger partial charge in [-0.25, -0.2) is 21.6 Å². The number of hydrogen-bond donors (Lipinski definition) is 3. The standard InChI is InChI=1S/C15H27N3O5S2.ClH/c1-4-6-7-12(11-16)17-25(21,22)15-9-8-13(23-3)10-14(15)18-24(19,20)5-2;/h8-10,12,17-18H,4-7,11,16H2,1-3H3;1H. The van der Waals surface area contributed by atoms with Crippen LogP contribution in [0.2, 0.25) is 0 Å². The van der Waals surface area contributed by atoms with Gasteiger partial charge in [-0.1, -0.05) is 19.8 Å². The predicted octanol–water partition coefficient (Wildman–Crippen LogP) is 1.67. The molecule has 26 heavy (non-hydrogen) atoms. The van der Waals surface area contributed by atoms with Gasteiger partial charge in [0.05, 0.1) is 18.6 Å². The second kappa shape index (κ2) is 10.9. The van der Waals surface area contributed by atoms with E-state index in [1.165, 1.54) is 32.2 Å². The van der Waals surface area contributed by atoms with Gasteiger partial charge >= 0.3 is 0 Å². The maximum absolute atomic E-state index is 12.7. The van der Waals surface area contributed by atoms with Crippen molar-refractivity contribution in [3.05, 3.63) is 18.2 Å². The molecule has 0 saturated heterocycles. The zero-order valence-electron chi connectivity index (χ0n) is 15.2. The summed E-state index contributed by atoms with van der Waals surface area (Å²) >= 11 is 0. The van der Waals surface area contributed by atoms with Crippen molar-refractivity contribution in [2.45, 2.75) is 44.0 Å². The van der Waals surface area contributed by atoms with Crippen LogP contribution in [0.4, 0.5) is 5.69 Å². The minimum atomic E-state index is -3.95. The highest BCUT2D eigenvalue weighted by Gasteiger charge is 2.24. The van der Waals surface area contributed by atoms with Crippen LogP contribution >= 0.6 is 12.4 Å². The average Bonchev–Trinajstić information content (AvgIpc) is 2.57. The second-order valence-corrected chi connectivity index (χ2v) is 9.26. The van der Waals surface area contributed by atoms with E-state index in [1.54, 1.807) is 0 Å². The molecule has 1 unspecified atom stereocenters. The minimum absolute atomic E-state index is 0. The van der Waals surface area contributed by atoms with Gasteiger partial charge in [0.1, 0.15) is 10.6 Å². The Morgan fingerprint density at radius 2 is 1.85 bits per heavy atom. The molecule has 0 heterocycles. The maximum atomic E-state index is 12.7. The van der Waals surface area contributed by atoms with E-state index in [0.717, 1.165) is 12.8 Å². The highest BCUT2D eigenvalue weighted by molar-refractivity contribution is 7.93. The lowest BCUT2D eigenvalue weighted by atomic mass is 10.1. The molecule has 11 heteroatoms. The summed E-state index contributed by atoms with van der Waals surface area (Å²) in [5.74, 6) is 0.160. The Labute approximate surface area is 162 Å². The van der Waals surface area contributed by atoms with Gasteiger partial charge in [0.15, 0.2) is 0 Å². The van der Waals surface area contributed by atoms with Crippen LogP contribution in [0.1, 0.15) is 33.1 Å². The molecule has 0 saturated carbocycles. The van der Waals surface area contributed by atoms with E-state index in [-0.39, 0.29) is 35.3 Å². The van der Waals surface area contributed by atoms with Crippen LogP contribution in [0.3, 0.4) is 0 Å². The van der Waals surface area contributed by atoms with Gasteiger partial charge in [0, 0.05) is 18.7 Å². The second-order valence-electron chi connectivity index (χ2n) is 5.56. The molecule has 1 rings (SSSR count). The van der Waals surface area contributed by atoms with Gasteiger partial charge in [-0.15, -0.1) is 12.4 Å². The molecule has 1 aromatic carbocycles. The lowest BCUT2D eigenvalue weighted by molar-refractivity contribution is 0.414. The summed E-state index contributed by atoms with van der Waals surface area (Å²) < 4.78 is 59.1. The number of unbranched alkanes of at least 4 members (excludes halogenated alkanes) is 1. The number of nitrogens with one attached hydrogen (secondary N) is 2. The normalized spacial score (nSPS) is 12.9. The smallest absolute Gasteiger partial charge is 0.242 e. The molecule has 0 spiro atoms. The van der Waals surface area contributed by atoms with Crippen LogP contribution in [0.5, 0.6) is 5.75 Å². The summed E-state index contributed by atoms with van der Waals surface area (Å²) in [6.45, 7) is 3.62. The Kier molecular flexibility index (Phi) is 10.5. The Morgan fingerprint density at radius 3 is 2.35 bits per heavy atom. The van der Waals surface area contributed by atoms with Crippen molar-refractivity contribution in [1.29, 1.82) is 0 Å². The predicted molar refractivity (Wildman–Crippen MR) is 106 cm³/mol. The van der Waals surface area contributed by atoms with Gasteiger partial charge in [0.25, 0.3) is 0 Å². The first-order valence-corrected chi connectivity index (χ1v) is 11.2. The number of ether oxygens (including phenoxy) is 1. The van der Waals surface area contributed by atoms with Crippen molar-refractivity contribution in [2.24, 2.45) is 5.73 Å². The van der Waals surface area contributed by atoms with Crippen LogP contribution in [-0.2, 0) is 20.0 Å². The number of methoxy groups -OCH3 is 1. The third-order valence-corrected chi connectivity index (χ3v) is 6.50. The maximum Gasteiger partial charge on any atom is 0.242 e. The number of rotatable bonds is 11. The molecule has 1 atom stereocenters. The molecule has 0 radical (unpaired) electrons. The van der Waals surface area contributed by atoms with Gasteiger partial charge in [0.2, 0.25) is 20.0 Å². The number of nitrogens with two attached hydrogens (primary N) is 1. The van der Waals surface area contributed by atoms with Crippen LogP contribution in [0.15, 0.2) is 23.1 Å². The molecular formula is C15H28ClN3O5S2. The van der Waals surface area contributed by atoms with Gasteiger partial charge < -0.3 is 10.5 Å². The van der Waals surface area contributed by atoms with Crippen molar-refractivity contribution in [3.8, 4) is 5.75 Å². The van der Waals surface area contributed by atoms with Crippen LogP contribution in [-0.4, -0.2) is 42.3 Å². The molecule has 0 fully saturated rings. The van der Waals surface area contributed by atoms with E-state index in [4.69, 9.17) is 10.5 Å². The van der Waals surface area contributed by atoms with Gasteiger partial charge in [-0.2, -0.15) is 0 Å². The summed E-state index contributed by atoms with van der Waals surface area (Å²) in [5, 5.41) is 0. The Morgan fingerprint density at radius 1 is 1.19 bits per heavy atom. The number of anilines is 1. The van der Waals surface area contributed by atoms with E-state index >= 15 is 0 Å². The highest BCUT2D eigenvalue weighted by atomic mass is 35.5. The molecule has 0 amide bonds. The first-order valence-electron chi connectivity index (χ1n) is 8.10. The molecule has 1 aromatic rings. The highest BCUT2D eigenvalue weighted by Crippen LogP contribution is 2.27. The fourth-order valence-electron chi connectivity index (χ4n) is 2.15. The molecule has 0 bridgehead atoms. The largest absolute Gasteiger partial charge is 0.497 e. The van der Waals surface area contributed by atoms with E-state index in [2.05, 4.69) is 9.44 Å². The van der Waals surface area contributed by atoms with Gasteiger partial charge in [-0.05, 0) is 25.5 Å². The zero-order chi connectivity index (χ0) is 19.1. The third-order valence-electron chi connectivity index (χ3n) is 3.63.